The summed E-state index contributed by atoms with van der Waals surface area (Å²) in [7, 11) is 0. The number of amides is 1. The smallest absolute Gasteiger partial charge is 0.253 e. The number of nitrogens with zero attached hydrogens (tertiary/aromatic N) is 4. The molecule has 0 radical (unpaired) electrons. The Morgan fingerprint density at radius 3 is 2.97 bits per heavy atom. The van der Waals surface area contributed by atoms with Crippen molar-refractivity contribution < 1.29 is 9.21 Å². The molecule has 1 aliphatic rings. The fourth-order valence-corrected chi connectivity index (χ4v) is 5.11. The van der Waals surface area contributed by atoms with Crippen LogP contribution in [0.25, 0.3) is 22.1 Å². The van der Waals surface area contributed by atoms with Gasteiger partial charge in [0.2, 0.25) is 0 Å². The van der Waals surface area contributed by atoms with Gasteiger partial charge in [-0.15, -0.1) is 11.3 Å². The molecule has 0 aromatic carbocycles. The summed E-state index contributed by atoms with van der Waals surface area (Å²) in [5.74, 6) is 0.762. The molecule has 0 atom stereocenters. The lowest BCUT2D eigenvalue weighted by molar-refractivity contribution is 0.0953. The molecule has 7 nitrogen and oxygen atoms in total. The number of carbonyl (C=O) groups excluding carboxylic acids is 1. The van der Waals surface area contributed by atoms with Crippen molar-refractivity contribution in [3.8, 4) is 22.1 Å². The highest BCUT2D eigenvalue weighted by Crippen LogP contribution is 2.31. The zero-order valence-corrected chi connectivity index (χ0v) is 20.0. The van der Waals surface area contributed by atoms with E-state index in [2.05, 4.69) is 25.9 Å². The van der Waals surface area contributed by atoms with Crippen molar-refractivity contribution in [1.29, 1.82) is 0 Å². The standard InChI is InChI=1S/C26H27N5O2S/c1-18-21(25(32)29-10-9-19-6-3-2-4-7-19)14-24(31(18)16-20-8-5-13-33-20)23-17-34-26(30-23)22-15-27-11-12-28-22/h5-6,8,11-15,17H,2-4,7,9-10,16H2,1H3,(H,29,32). The SMILES string of the molecule is Cc1c(C(=O)NCCC2=CCCCC2)cc(-c2csc(-c3cnccn3)n2)n1Cc1ccco1. The van der Waals surface area contributed by atoms with E-state index >= 15 is 0 Å². The molecular formula is C26H27N5O2S. The summed E-state index contributed by atoms with van der Waals surface area (Å²) in [5.41, 5.74) is 5.41. The Balaban J connectivity index is 1.41. The van der Waals surface area contributed by atoms with Gasteiger partial charge in [0.05, 0.1) is 36.0 Å². The number of carbonyl (C=O) groups is 1. The van der Waals surface area contributed by atoms with E-state index in [9.17, 15) is 4.79 Å². The van der Waals surface area contributed by atoms with Gasteiger partial charge in [0, 0.05) is 30.0 Å². The monoisotopic (exact) mass is 473 g/mol. The Labute approximate surface area is 202 Å². The summed E-state index contributed by atoms with van der Waals surface area (Å²) in [6, 6.07) is 5.74. The van der Waals surface area contributed by atoms with Gasteiger partial charge in [0.25, 0.3) is 5.91 Å². The molecule has 0 bridgehead atoms. The summed E-state index contributed by atoms with van der Waals surface area (Å²) < 4.78 is 7.69. The van der Waals surface area contributed by atoms with Crippen molar-refractivity contribution in [2.75, 3.05) is 6.54 Å². The van der Waals surface area contributed by atoms with Crippen molar-refractivity contribution >= 4 is 17.2 Å². The van der Waals surface area contributed by atoms with Crippen LogP contribution in [0, 0.1) is 6.92 Å². The Morgan fingerprint density at radius 1 is 1.26 bits per heavy atom. The van der Waals surface area contributed by atoms with Crippen LogP contribution >= 0.6 is 11.3 Å². The fourth-order valence-electron chi connectivity index (χ4n) is 4.33. The molecule has 8 heteroatoms. The Kier molecular flexibility index (Phi) is 6.67. The molecule has 1 aliphatic carbocycles. The van der Waals surface area contributed by atoms with Crippen molar-refractivity contribution in [3.05, 3.63) is 77.1 Å². The molecule has 5 rings (SSSR count). The quantitative estimate of drug-likeness (QED) is 0.335. The topological polar surface area (TPSA) is 85.8 Å². The lowest BCUT2D eigenvalue weighted by Crippen LogP contribution is -2.25. The van der Waals surface area contributed by atoms with E-state index in [-0.39, 0.29) is 5.91 Å². The van der Waals surface area contributed by atoms with Gasteiger partial charge in [-0.2, -0.15) is 0 Å². The number of aromatic nitrogens is 4. The predicted molar refractivity (Wildman–Crippen MR) is 133 cm³/mol. The van der Waals surface area contributed by atoms with Crippen LogP contribution in [-0.4, -0.2) is 32.0 Å². The minimum Gasteiger partial charge on any atom is -0.467 e. The number of thiazole rings is 1. The highest BCUT2D eigenvalue weighted by Gasteiger charge is 2.21. The van der Waals surface area contributed by atoms with E-state index in [1.165, 1.54) is 29.8 Å². The average Bonchev–Trinajstić information content (AvgIpc) is 3.62. The zero-order chi connectivity index (χ0) is 23.3. The number of rotatable bonds is 8. The van der Waals surface area contributed by atoms with E-state index in [0.717, 1.165) is 52.8 Å². The Bertz CT molecular complexity index is 1290. The summed E-state index contributed by atoms with van der Waals surface area (Å²) in [6.45, 7) is 3.14. The minimum absolute atomic E-state index is 0.0577. The molecular weight excluding hydrogens is 446 g/mol. The molecule has 1 N–H and O–H groups in total. The van der Waals surface area contributed by atoms with Gasteiger partial charge in [0.1, 0.15) is 16.5 Å². The van der Waals surface area contributed by atoms with Crippen molar-refractivity contribution in [2.45, 2.75) is 45.6 Å². The molecule has 34 heavy (non-hydrogen) atoms. The third kappa shape index (κ3) is 4.87. The molecule has 0 unspecified atom stereocenters. The second-order valence-corrected chi connectivity index (χ2v) is 9.29. The average molecular weight is 474 g/mol. The van der Waals surface area contributed by atoms with Crippen LogP contribution in [0.4, 0.5) is 0 Å². The molecule has 0 aliphatic heterocycles. The van der Waals surface area contributed by atoms with Gasteiger partial charge in [-0.25, -0.2) is 4.98 Å². The highest BCUT2D eigenvalue weighted by molar-refractivity contribution is 7.13. The molecule has 1 amide bonds. The maximum atomic E-state index is 13.1. The van der Waals surface area contributed by atoms with Crippen LogP contribution in [-0.2, 0) is 6.54 Å². The number of furan rings is 1. The number of hydrogen-bond donors (Lipinski definition) is 1. The highest BCUT2D eigenvalue weighted by atomic mass is 32.1. The fraction of sp³-hybridized carbons (Fsp3) is 0.308. The lowest BCUT2D eigenvalue weighted by Gasteiger charge is -2.13. The van der Waals surface area contributed by atoms with Crippen molar-refractivity contribution in [1.82, 2.24) is 24.8 Å². The number of nitrogens with one attached hydrogen (secondary N) is 1. The van der Waals surface area contributed by atoms with Crippen molar-refractivity contribution in [3.63, 3.8) is 0 Å². The van der Waals surface area contributed by atoms with E-state index in [1.807, 2.05) is 30.5 Å². The number of hydrogen-bond acceptors (Lipinski definition) is 6. The molecule has 0 fully saturated rings. The molecule has 4 aromatic rings. The van der Waals surface area contributed by atoms with Crippen LogP contribution in [0.1, 0.15) is 53.9 Å². The normalized spacial score (nSPS) is 13.6. The summed E-state index contributed by atoms with van der Waals surface area (Å²) in [6.07, 6.45) is 14.7. The van der Waals surface area contributed by atoms with Crippen molar-refractivity contribution in [2.24, 2.45) is 0 Å². The van der Waals surface area contributed by atoms with Crippen LogP contribution in [0.15, 0.2) is 64.5 Å². The predicted octanol–water partition coefficient (Wildman–Crippen LogP) is 5.64. The molecule has 174 valence electrons. The Morgan fingerprint density at radius 2 is 2.21 bits per heavy atom. The van der Waals surface area contributed by atoms with Crippen LogP contribution in [0.2, 0.25) is 0 Å². The summed E-state index contributed by atoms with van der Waals surface area (Å²) >= 11 is 1.51. The van der Waals surface area contributed by atoms with Crippen LogP contribution in [0.3, 0.4) is 0 Å². The maximum Gasteiger partial charge on any atom is 0.253 e. The molecule has 0 saturated carbocycles. The van der Waals surface area contributed by atoms with Gasteiger partial charge < -0.3 is 14.3 Å². The first-order chi connectivity index (χ1) is 16.7. The first-order valence-electron chi connectivity index (χ1n) is 11.6. The van der Waals surface area contributed by atoms with E-state index in [0.29, 0.717) is 18.7 Å². The van der Waals surface area contributed by atoms with Crippen LogP contribution < -0.4 is 5.32 Å². The molecule has 4 aromatic heterocycles. The molecule has 0 spiro atoms. The maximum absolute atomic E-state index is 13.1. The summed E-state index contributed by atoms with van der Waals surface area (Å²) in [5, 5.41) is 5.90. The second-order valence-electron chi connectivity index (χ2n) is 8.44. The van der Waals surface area contributed by atoms with E-state index in [1.54, 1.807) is 24.9 Å². The number of allylic oxidation sites excluding steroid dienone is 1. The largest absolute Gasteiger partial charge is 0.467 e. The van der Waals surface area contributed by atoms with Crippen LogP contribution in [0.5, 0.6) is 0 Å². The minimum atomic E-state index is -0.0577. The zero-order valence-electron chi connectivity index (χ0n) is 19.2. The molecule has 4 heterocycles. The van der Waals surface area contributed by atoms with E-state index < -0.39 is 0 Å². The summed E-state index contributed by atoms with van der Waals surface area (Å²) in [4.78, 5) is 26.4. The Hall–Kier alpha value is -3.52. The lowest BCUT2D eigenvalue weighted by atomic mass is 9.97. The third-order valence-corrected chi connectivity index (χ3v) is 7.04. The van der Waals surface area contributed by atoms with Gasteiger partial charge in [-0.05, 0) is 57.2 Å². The van der Waals surface area contributed by atoms with Gasteiger partial charge in [0.15, 0.2) is 0 Å². The van der Waals surface area contributed by atoms with E-state index in [4.69, 9.17) is 9.40 Å². The first-order valence-corrected chi connectivity index (χ1v) is 12.5. The second kappa shape index (κ2) is 10.2. The molecule has 0 saturated heterocycles. The van der Waals surface area contributed by atoms with Gasteiger partial charge in [-0.1, -0.05) is 11.6 Å². The first kappa shape index (κ1) is 22.3. The third-order valence-electron chi connectivity index (χ3n) is 6.17. The van der Waals surface area contributed by atoms with Gasteiger partial charge >= 0.3 is 0 Å². The van der Waals surface area contributed by atoms with Gasteiger partial charge in [-0.3, -0.25) is 14.8 Å².